The Morgan fingerprint density at radius 2 is 1.76 bits per heavy atom. The molecule has 3 N–H and O–H groups in total. The lowest BCUT2D eigenvalue weighted by molar-refractivity contribution is -0.148. The summed E-state index contributed by atoms with van der Waals surface area (Å²) in [6.45, 7) is 6.20. The highest BCUT2D eigenvalue weighted by molar-refractivity contribution is 5.86. The van der Waals surface area contributed by atoms with Gasteiger partial charge in [0.2, 0.25) is 17.7 Å². The van der Waals surface area contributed by atoms with Crippen LogP contribution in [-0.4, -0.2) is 105 Å². The van der Waals surface area contributed by atoms with E-state index in [0.717, 1.165) is 18.4 Å². The average Bonchev–Trinajstić information content (AvgIpc) is 3.49. The minimum Gasteiger partial charge on any atom is -0.467 e. The maximum absolute atomic E-state index is 13.7. The van der Waals surface area contributed by atoms with E-state index in [1.54, 1.807) is 30.9 Å². The summed E-state index contributed by atoms with van der Waals surface area (Å²) >= 11 is 0. The number of nitrogens with two attached hydrogens (primary N) is 1. The lowest BCUT2D eigenvalue weighted by Crippen LogP contribution is -2.54. The molecule has 11 heteroatoms. The maximum Gasteiger partial charge on any atom is 0.328 e. The number of nitrogens with zero attached hydrogens (tertiary/aromatic N) is 2. The van der Waals surface area contributed by atoms with Crippen molar-refractivity contribution in [2.45, 2.75) is 83.2 Å². The number of esters is 1. The number of ether oxygens (including phenoxy) is 3. The highest BCUT2D eigenvalue weighted by Gasteiger charge is 2.42. The van der Waals surface area contributed by atoms with Crippen LogP contribution in [0.3, 0.4) is 0 Å². The van der Waals surface area contributed by atoms with Crippen molar-refractivity contribution in [3.63, 3.8) is 0 Å². The van der Waals surface area contributed by atoms with Gasteiger partial charge in [-0.3, -0.25) is 14.4 Å². The molecular weight excluding hydrogens is 540 g/mol. The minimum absolute atomic E-state index is 0.0721. The lowest BCUT2D eigenvalue weighted by atomic mass is 9.90. The van der Waals surface area contributed by atoms with Crippen molar-refractivity contribution < 1.29 is 33.4 Å². The van der Waals surface area contributed by atoms with Crippen LogP contribution < -0.4 is 11.1 Å². The summed E-state index contributed by atoms with van der Waals surface area (Å²) in [6, 6.07) is 7.86. The van der Waals surface area contributed by atoms with Gasteiger partial charge in [-0.15, -0.1) is 0 Å². The molecular formula is C31H50N4O7. The summed E-state index contributed by atoms with van der Waals surface area (Å²) < 4.78 is 16.6. The molecule has 0 aliphatic carbocycles. The summed E-state index contributed by atoms with van der Waals surface area (Å²) in [6.07, 6.45) is 1.46. The second kappa shape index (κ2) is 17.2. The van der Waals surface area contributed by atoms with Gasteiger partial charge < -0.3 is 35.1 Å². The molecule has 1 aliphatic rings. The fourth-order valence-corrected chi connectivity index (χ4v) is 5.96. The first kappa shape index (κ1) is 35.2. The number of nitrogens with one attached hydrogen (secondary N) is 1. The van der Waals surface area contributed by atoms with Gasteiger partial charge in [-0.05, 0) is 24.3 Å². The Bertz CT molecular complexity index is 1020. The number of rotatable bonds is 16. The molecule has 0 saturated carbocycles. The van der Waals surface area contributed by atoms with Crippen LogP contribution in [0.25, 0.3) is 0 Å². The third-order valence-corrected chi connectivity index (χ3v) is 8.56. The first-order chi connectivity index (χ1) is 20.0. The van der Waals surface area contributed by atoms with E-state index >= 15 is 0 Å². The highest BCUT2D eigenvalue weighted by atomic mass is 16.5. The average molecular weight is 591 g/mol. The summed E-state index contributed by atoms with van der Waals surface area (Å²) in [5.74, 6) is -1.82. The van der Waals surface area contributed by atoms with E-state index in [1.165, 1.54) is 14.2 Å². The van der Waals surface area contributed by atoms with Crippen LogP contribution in [0.5, 0.6) is 0 Å². The molecule has 1 heterocycles. The zero-order valence-electron chi connectivity index (χ0n) is 26.2. The van der Waals surface area contributed by atoms with Crippen LogP contribution in [0.15, 0.2) is 30.3 Å². The first-order valence-corrected chi connectivity index (χ1v) is 14.8. The van der Waals surface area contributed by atoms with E-state index in [9.17, 15) is 19.2 Å². The van der Waals surface area contributed by atoms with Gasteiger partial charge in [0.25, 0.3) is 0 Å². The molecule has 0 aromatic heterocycles. The Kier molecular flexibility index (Phi) is 14.4. The number of methoxy groups -OCH3 is 3. The molecule has 1 fully saturated rings. The lowest BCUT2D eigenvalue weighted by Gasteiger charge is -2.39. The molecule has 7 atom stereocenters. The molecule has 0 bridgehead atoms. The second-order valence-electron chi connectivity index (χ2n) is 11.1. The van der Waals surface area contributed by atoms with Crippen LogP contribution in [0.4, 0.5) is 0 Å². The van der Waals surface area contributed by atoms with E-state index in [4.69, 9.17) is 19.9 Å². The normalized spacial score (nSPS) is 19.2. The van der Waals surface area contributed by atoms with Crippen molar-refractivity contribution >= 4 is 23.7 Å². The second-order valence-corrected chi connectivity index (χ2v) is 11.1. The van der Waals surface area contributed by atoms with E-state index in [2.05, 4.69) is 5.32 Å². The standard InChI is InChI=1S/C31H50N4O7/c1-8-20(2)28(34(4)27(37)19-32)25(40-5)18-26(36)35-16-12-15-24(35)29(41-6)21(3)30(38)33-23(31(39)42-7)17-22-13-10-9-11-14-22/h9-11,13-14,20-21,23-25,28-29H,8,12,15-19,32H2,1-7H3,(H,33,38)/t20?,21?,23?,24-,25?,28?,29?/m0/s1. The molecule has 0 radical (unpaired) electrons. The van der Waals surface area contributed by atoms with Crippen LogP contribution in [0.1, 0.15) is 52.0 Å². The number of likely N-dealkylation sites (N-methyl/N-ethyl adjacent to an activating group) is 1. The maximum atomic E-state index is 13.7. The smallest absolute Gasteiger partial charge is 0.328 e. The Hall–Kier alpha value is -3.02. The molecule has 42 heavy (non-hydrogen) atoms. The number of hydrogen-bond donors (Lipinski definition) is 2. The van der Waals surface area contributed by atoms with Crippen LogP contribution >= 0.6 is 0 Å². The quantitative estimate of drug-likeness (QED) is 0.278. The van der Waals surface area contributed by atoms with E-state index in [1.807, 2.05) is 44.2 Å². The number of carbonyl (C=O) groups excluding carboxylic acids is 4. The van der Waals surface area contributed by atoms with Gasteiger partial charge >= 0.3 is 5.97 Å². The van der Waals surface area contributed by atoms with E-state index < -0.39 is 30.1 Å². The Morgan fingerprint density at radius 1 is 1.10 bits per heavy atom. The zero-order valence-corrected chi connectivity index (χ0v) is 26.2. The molecule has 1 aromatic carbocycles. The zero-order chi connectivity index (χ0) is 31.4. The van der Waals surface area contributed by atoms with Crippen LogP contribution in [0.2, 0.25) is 0 Å². The van der Waals surface area contributed by atoms with Crippen molar-refractivity contribution in [2.75, 3.05) is 41.5 Å². The van der Waals surface area contributed by atoms with Crippen molar-refractivity contribution in [3.8, 4) is 0 Å². The van der Waals surface area contributed by atoms with Gasteiger partial charge in [0, 0.05) is 34.2 Å². The minimum atomic E-state index is -0.862. The van der Waals surface area contributed by atoms with E-state index in [-0.39, 0.29) is 55.1 Å². The topological polar surface area (TPSA) is 141 Å². The molecule has 6 unspecified atom stereocenters. The van der Waals surface area contributed by atoms with Crippen molar-refractivity contribution in [2.24, 2.45) is 17.6 Å². The monoisotopic (exact) mass is 590 g/mol. The molecule has 2 rings (SSSR count). The fourth-order valence-electron chi connectivity index (χ4n) is 5.96. The molecule has 3 amide bonds. The van der Waals surface area contributed by atoms with Crippen molar-refractivity contribution in [3.05, 3.63) is 35.9 Å². The summed E-state index contributed by atoms with van der Waals surface area (Å²) in [5, 5.41) is 2.84. The molecule has 1 saturated heterocycles. The third-order valence-electron chi connectivity index (χ3n) is 8.56. The predicted molar refractivity (Wildman–Crippen MR) is 159 cm³/mol. The number of benzene rings is 1. The SMILES string of the molecule is CCC(C)C(C(CC(=O)N1CCC[C@H]1C(OC)C(C)C(=O)NC(Cc1ccccc1)C(=O)OC)OC)N(C)C(=O)CN. The van der Waals surface area contributed by atoms with Gasteiger partial charge in [0.1, 0.15) is 6.04 Å². The van der Waals surface area contributed by atoms with Gasteiger partial charge in [-0.2, -0.15) is 0 Å². The number of carbonyl (C=O) groups is 4. The van der Waals surface area contributed by atoms with Crippen molar-refractivity contribution in [1.82, 2.24) is 15.1 Å². The Labute approximate surface area is 250 Å². The number of likely N-dealkylation sites (tertiary alicyclic amines) is 1. The van der Waals surface area contributed by atoms with Gasteiger partial charge in [0.05, 0.1) is 50.3 Å². The number of amides is 3. The fraction of sp³-hybridized carbons (Fsp3) is 0.677. The molecule has 0 spiro atoms. The third kappa shape index (κ3) is 8.99. The van der Waals surface area contributed by atoms with Gasteiger partial charge in [-0.25, -0.2) is 4.79 Å². The number of hydrogen-bond acceptors (Lipinski definition) is 8. The van der Waals surface area contributed by atoms with Crippen LogP contribution in [-0.2, 0) is 39.8 Å². The molecule has 1 aliphatic heterocycles. The Balaban J connectivity index is 2.19. The summed E-state index contributed by atoms with van der Waals surface area (Å²) in [5.41, 5.74) is 6.52. The summed E-state index contributed by atoms with van der Waals surface area (Å²) in [4.78, 5) is 55.5. The predicted octanol–water partition coefficient (Wildman–Crippen LogP) is 1.77. The van der Waals surface area contributed by atoms with Gasteiger partial charge in [-0.1, -0.05) is 57.5 Å². The molecule has 1 aromatic rings. The molecule has 11 nitrogen and oxygen atoms in total. The largest absolute Gasteiger partial charge is 0.467 e. The Morgan fingerprint density at radius 3 is 2.31 bits per heavy atom. The highest BCUT2D eigenvalue weighted by Crippen LogP contribution is 2.29. The van der Waals surface area contributed by atoms with Crippen LogP contribution in [0, 0.1) is 11.8 Å². The van der Waals surface area contributed by atoms with Gasteiger partial charge in [0.15, 0.2) is 0 Å². The molecule has 236 valence electrons. The van der Waals surface area contributed by atoms with Crippen molar-refractivity contribution in [1.29, 1.82) is 0 Å². The first-order valence-electron chi connectivity index (χ1n) is 14.8. The van der Waals surface area contributed by atoms with E-state index in [0.29, 0.717) is 13.0 Å². The summed E-state index contributed by atoms with van der Waals surface area (Å²) in [7, 11) is 6.06.